The number of ether oxygens (including phenoxy) is 1. The molecule has 12 heavy (non-hydrogen) atoms. The highest BCUT2D eigenvalue weighted by atomic mass is 32.2. The van der Waals surface area contributed by atoms with E-state index in [1.165, 1.54) is 19.0 Å². The van der Waals surface area contributed by atoms with Gasteiger partial charge in [0.1, 0.15) is 0 Å². The van der Waals surface area contributed by atoms with Crippen LogP contribution in [0.15, 0.2) is 0 Å². The monoisotopic (exact) mass is 190 g/mol. The fourth-order valence-corrected chi connectivity index (χ4v) is 2.10. The molecule has 3 nitrogen and oxygen atoms in total. The van der Waals surface area contributed by atoms with Gasteiger partial charge in [0.15, 0.2) is 0 Å². The van der Waals surface area contributed by atoms with E-state index >= 15 is 0 Å². The van der Waals surface area contributed by atoms with Crippen LogP contribution in [0.4, 0.5) is 0 Å². The molecule has 1 saturated heterocycles. The number of carbonyl (C=O) groups is 1. The van der Waals surface area contributed by atoms with Crippen molar-refractivity contribution < 1.29 is 13.7 Å². The van der Waals surface area contributed by atoms with Crippen LogP contribution in [0.1, 0.15) is 27.2 Å². The molecule has 70 valence electrons. The maximum atomic E-state index is 10.5. The second-order valence-corrected chi connectivity index (χ2v) is 4.06. The molecule has 1 aliphatic heterocycles. The lowest BCUT2D eigenvalue weighted by Crippen LogP contribution is -2.14. The number of hydrogen-bond acceptors (Lipinski definition) is 4. The van der Waals surface area contributed by atoms with E-state index in [4.69, 9.17) is 8.92 Å². The van der Waals surface area contributed by atoms with Crippen molar-refractivity contribution in [2.24, 2.45) is 0 Å². The average Bonchev–Trinajstić information content (AvgIpc) is 2.26. The quantitative estimate of drug-likeness (QED) is 0.622. The maximum Gasteiger partial charge on any atom is 0.314 e. The molecule has 0 spiro atoms. The van der Waals surface area contributed by atoms with Crippen LogP contribution in [0.2, 0.25) is 0 Å². The van der Waals surface area contributed by atoms with Gasteiger partial charge in [-0.1, -0.05) is 0 Å². The van der Waals surface area contributed by atoms with Gasteiger partial charge in [0.2, 0.25) is 0 Å². The van der Waals surface area contributed by atoms with Crippen molar-refractivity contribution in [2.75, 3.05) is 0 Å². The van der Waals surface area contributed by atoms with Gasteiger partial charge in [0.25, 0.3) is 0 Å². The van der Waals surface area contributed by atoms with Crippen molar-refractivity contribution in [3.05, 3.63) is 0 Å². The molecular weight excluding hydrogens is 176 g/mol. The van der Waals surface area contributed by atoms with Crippen LogP contribution in [-0.2, 0) is 13.7 Å². The molecule has 1 fully saturated rings. The Morgan fingerprint density at radius 2 is 2.25 bits per heavy atom. The zero-order chi connectivity index (χ0) is 9.14. The highest BCUT2D eigenvalue weighted by Gasteiger charge is 2.31. The number of rotatable bonds is 2. The summed E-state index contributed by atoms with van der Waals surface area (Å²) in [5, 5.41) is 0.295. The zero-order valence-corrected chi connectivity index (χ0v) is 8.39. The summed E-state index contributed by atoms with van der Waals surface area (Å²) in [4.78, 5) is 10.5. The molecule has 3 unspecified atom stereocenters. The Morgan fingerprint density at radius 3 is 2.67 bits per heavy atom. The van der Waals surface area contributed by atoms with Crippen LogP contribution in [0.3, 0.4) is 0 Å². The lowest BCUT2D eigenvalue weighted by molar-refractivity contribution is -0.130. The molecule has 0 saturated carbocycles. The molecule has 0 aliphatic carbocycles. The summed E-state index contributed by atoms with van der Waals surface area (Å²) < 4.78 is 10.3. The highest BCUT2D eigenvalue weighted by Crippen LogP contribution is 2.30. The summed E-state index contributed by atoms with van der Waals surface area (Å²) in [6.07, 6.45) is 1.43. The molecule has 0 radical (unpaired) electrons. The predicted molar refractivity (Wildman–Crippen MR) is 47.8 cm³/mol. The van der Waals surface area contributed by atoms with E-state index in [0.29, 0.717) is 5.25 Å². The van der Waals surface area contributed by atoms with Gasteiger partial charge in [0.05, 0.1) is 29.5 Å². The van der Waals surface area contributed by atoms with Gasteiger partial charge in [-0.15, -0.1) is 0 Å². The summed E-state index contributed by atoms with van der Waals surface area (Å²) in [6.45, 7) is 5.45. The molecule has 0 bridgehead atoms. The molecule has 1 heterocycles. The number of hydrogen-bond donors (Lipinski definition) is 0. The van der Waals surface area contributed by atoms with Crippen LogP contribution < -0.4 is 0 Å². The second-order valence-electron chi connectivity index (χ2n) is 3.10. The Bertz CT molecular complexity index is 172. The third-order valence-corrected chi connectivity index (χ3v) is 2.98. The van der Waals surface area contributed by atoms with E-state index in [0.717, 1.165) is 6.42 Å². The topological polar surface area (TPSA) is 35.5 Å². The normalized spacial score (nSPS) is 35.1. The van der Waals surface area contributed by atoms with E-state index in [9.17, 15) is 4.79 Å². The Kier molecular flexibility index (Phi) is 3.40. The standard InChI is InChI=1S/C8H14O3S/c1-5-4-8(6(2)10-5)12-11-7(3)9/h5-6,8H,4H2,1-3H3. The first-order chi connectivity index (χ1) is 5.59. The van der Waals surface area contributed by atoms with Crippen molar-refractivity contribution in [3.8, 4) is 0 Å². The Hall–Kier alpha value is -0.220. The van der Waals surface area contributed by atoms with Crippen molar-refractivity contribution in [1.82, 2.24) is 0 Å². The largest absolute Gasteiger partial charge is 0.391 e. The molecule has 4 heteroatoms. The third kappa shape index (κ3) is 2.68. The smallest absolute Gasteiger partial charge is 0.314 e. The highest BCUT2D eigenvalue weighted by molar-refractivity contribution is 7.95. The van der Waals surface area contributed by atoms with Crippen LogP contribution in [0.5, 0.6) is 0 Å². The van der Waals surface area contributed by atoms with E-state index in [2.05, 4.69) is 0 Å². The first kappa shape index (κ1) is 9.86. The lowest BCUT2D eigenvalue weighted by Gasteiger charge is -2.10. The zero-order valence-electron chi connectivity index (χ0n) is 7.57. The molecular formula is C8H14O3S. The summed E-state index contributed by atoms with van der Waals surface area (Å²) in [7, 11) is 0. The first-order valence-electron chi connectivity index (χ1n) is 4.09. The SMILES string of the molecule is CC(=O)OSC1CC(C)OC1C. The molecule has 0 aromatic heterocycles. The fourth-order valence-electron chi connectivity index (χ4n) is 1.28. The van der Waals surface area contributed by atoms with Crippen molar-refractivity contribution in [3.63, 3.8) is 0 Å². The van der Waals surface area contributed by atoms with Crippen molar-refractivity contribution in [2.45, 2.75) is 44.6 Å². The summed E-state index contributed by atoms with van der Waals surface area (Å²) in [5.74, 6) is -0.244. The van der Waals surface area contributed by atoms with Gasteiger partial charge in [-0.05, 0) is 20.3 Å². The summed E-state index contributed by atoms with van der Waals surface area (Å²) >= 11 is 1.23. The minimum absolute atomic E-state index is 0.185. The minimum Gasteiger partial charge on any atom is -0.391 e. The second kappa shape index (κ2) is 4.14. The molecule has 0 aromatic rings. The van der Waals surface area contributed by atoms with E-state index in [1.807, 2.05) is 13.8 Å². The van der Waals surface area contributed by atoms with E-state index in [-0.39, 0.29) is 18.2 Å². The Morgan fingerprint density at radius 1 is 1.58 bits per heavy atom. The molecule has 1 aliphatic rings. The summed E-state index contributed by atoms with van der Waals surface area (Å²) in [5.41, 5.74) is 0. The van der Waals surface area contributed by atoms with Crippen molar-refractivity contribution >= 4 is 18.0 Å². The van der Waals surface area contributed by atoms with Gasteiger partial charge >= 0.3 is 5.97 Å². The van der Waals surface area contributed by atoms with Gasteiger partial charge in [-0.3, -0.25) is 4.79 Å². The maximum absolute atomic E-state index is 10.5. The fraction of sp³-hybridized carbons (Fsp3) is 0.875. The van der Waals surface area contributed by atoms with E-state index in [1.54, 1.807) is 0 Å². The van der Waals surface area contributed by atoms with Gasteiger partial charge in [-0.25, -0.2) is 0 Å². The number of carbonyl (C=O) groups excluding carboxylic acids is 1. The average molecular weight is 190 g/mol. The predicted octanol–water partition coefficient (Wildman–Crippen LogP) is 1.76. The van der Waals surface area contributed by atoms with Gasteiger partial charge in [-0.2, -0.15) is 0 Å². The molecule has 1 rings (SSSR count). The Balaban J connectivity index is 2.28. The summed E-state index contributed by atoms with van der Waals surface area (Å²) in [6, 6.07) is 0. The Labute approximate surface area is 77.0 Å². The molecule has 0 aromatic carbocycles. The molecule has 3 atom stereocenters. The van der Waals surface area contributed by atoms with Crippen molar-refractivity contribution in [1.29, 1.82) is 0 Å². The van der Waals surface area contributed by atoms with Gasteiger partial charge < -0.3 is 8.92 Å². The minimum atomic E-state index is -0.244. The van der Waals surface area contributed by atoms with Crippen LogP contribution in [-0.4, -0.2) is 23.4 Å². The van der Waals surface area contributed by atoms with Gasteiger partial charge in [0, 0.05) is 6.92 Å². The van der Waals surface area contributed by atoms with Crippen LogP contribution in [0.25, 0.3) is 0 Å². The van der Waals surface area contributed by atoms with Crippen LogP contribution in [0, 0.1) is 0 Å². The van der Waals surface area contributed by atoms with Crippen LogP contribution >= 0.6 is 12.0 Å². The van der Waals surface area contributed by atoms with E-state index < -0.39 is 0 Å². The molecule has 0 N–H and O–H groups in total. The third-order valence-electron chi connectivity index (χ3n) is 1.82. The first-order valence-corrected chi connectivity index (χ1v) is 4.89. The molecule has 0 amide bonds. The lowest BCUT2D eigenvalue weighted by atomic mass is 10.2.